The van der Waals surface area contributed by atoms with Gasteiger partial charge in [0.15, 0.2) is 0 Å². The molecule has 3 heterocycles. The lowest BCUT2D eigenvalue weighted by Gasteiger charge is -2.21. The van der Waals surface area contributed by atoms with Crippen molar-refractivity contribution in [2.24, 2.45) is 0 Å². The number of aliphatic hydroxyl groups excluding tert-OH is 1. The molecule has 1 saturated heterocycles. The topological polar surface area (TPSA) is 89.5 Å². The molecule has 1 aromatic carbocycles. The number of fused-ring (bicyclic) bond motifs is 1. The van der Waals surface area contributed by atoms with E-state index in [1.54, 1.807) is 6.07 Å². The van der Waals surface area contributed by atoms with Crippen LogP contribution in [0.5, 0.6) is 0 Å². The molecule has 0 unspecified atom stereocenters. The number of rotatable bonds is 5. The number of carboxylic acid groups (broad SMARTS) is 1. The molecule has 0 spiro atoms. The Morgan fingerprint density at radius 3 is 2.96 bits per heavy atom. The Kier molecular flexibility index (Phi) is 4.44. The Hall–Kier alpha value is -2.70. The van der Waals surface area contributed by atoms with Crippen molar-refractivity contribution < 1.29 is 15.0 Å². The van der Waals surface area contributed by atoms with Crippen molar-refractivity contribution in [3.8, 4) is 11.3 Å². The van der Waals surface area contributed by atoms with E-state index in [-0.39, 0.29) is 18.3 Å². The maximum Gasteiger partial charge on any atom is 0.354 e. The Bertz CT molecular complexity index is 950. The molecule has 4 rings (SSSR count). The minimum absolute atomic E-state index is 0.0430. The van der Waals surface area contributed by atoms with Gasteiger partial charge in [0.2, 0.25) is 0 Å². The van der Waals surface area contributed by atoms with Gasteiger partial charge >= 0.3 is 5.97 Å². The number of nitrogens with zero attached hydrogens (tertiary/aromatic N) is 2. The second kappa shape index (κ2) is 6.90. The molecule has 6 nitrogen and oxygen atoms in total. The minimum atomic E-state index is -1.03. The summed E-state index contributed by atoms with van der Waals surface area (Å²) in [4.78, 5) is 21.1. The molecule has 6 heteroatoms. The van der Waals surface area contributed by atoms with Crippen molar-refractivity contribution in [3.63, 3.8) is 0 Å². The number of H-pyrrole nitrogens is 1. The second-order valence-corrected chi connectivity index (χ2v) is 6.76. The Morgan fingerprint density at radius 1 is 1.27 bits per heavy atom. The van der Waals surface area contributed by atoms with Crippen LogP contribution < -0.4 is 0 Å². The third-order valence-corrected chi connectivity index (χ3v) is 5.02. The number of carboxylic acids is 1. The van der Waals surface area contributed by atoms with Crippen molar-refractivity contribution in [2.45, 2.75) is 25.4 Å². The monoisotopic (exact) mass is 351 g/mol. The van der Waals surface area contributed by atoms with E-state index in [2.05, 4.69) is 20.9 Å². The molecule has 26 heavy (non-hydrogen) atoms. The molecule has 0 aliphatic carbocycles. The fraction of sp³-hybridized carbons (Fsp3) is 0.300. The van der Waals surface area contributed by atoms with E-state index in [4.69, 9.17) is 5.11 Å². The summed E-state index contributed by atoms with van der Waals surface area (Å²) in [7, 11) is 0. The third-order valence-electron chi connectivity index (χ3n) is 5.02. The van der Waals surface area contributed by atoms with Gasteiger partial charge in [-0.3, -0.25) is 4.90 Å². The Balaban J connectivity index is 1.62. The van der Waals surface area contributed by atoms with Gasteiger partial charge in [0.25, 0.3) is 0 Å². The molecule has 1 aliphatic heterocycles. The number of aromatic amines is 1. The molecule has 3 aromatic rings. The van der Waals surface area contributed by atoms with Gasteiger partial charge in [-0.2, -0.15) is 0 Å². The second-order valence-electron chi connectivity index (χ2n) is 6.76. The van der Waals surface area contributed by atoms with E-state index in [9.17, 15) is 9.90 Å². The van der Waals surface area contributed by atoms with E-state index in [0.29, 0.717) is 5.69 Å². The molecule has 0 radical (unpaired) electrons. The number of nitrogens with one attached hydrogen (secondary N) is 1. The highest BCUT2D eigenvalue weighted by Crippen LogP contribution is 2.26. The number of aromatic carboxylic acids is 1. The zero-order valence-electron chi connectivity index (χ0n) is 14.4. The highest BCUT2D eigenvalue weighted by atomic mass is 16.4. The van der Waals surface area contributed by atoms with Gasteiger partial charge in [-0.05, 0) is 49.7 Å². The van der Waals surface area contributed by atoms with Crippen molar-refractivity contribution in [2.75, 3.05) is 13.2 Å². The van der Waals surface area contributed by atoms with Crippen LogP contribution in [0.3, 0.4) is 0 Å². The Labute approximate surface area is 151 Å². The molecule has 0 saturated carbocycles. The van der Waals surface area contributed by atoms with Crippen molar-refractivity contribution in [1.82, 2.24) is 14.9 Å². The van der Waals surface area contributed by atoms with Crippen LogP contribution in [-0.2, 0) is 6.54 Å². The molecule has 3 N–H and O–H groups in total. The van der Waals surface area contributed by atoms with Gasteiger partial charge < -0.3 is 15.2 Å². The number of benzene rings is 1. The van der Waals surface area contributed by atoms with E-state index in [0.717, 1.165) is 48.1 Å². The summed E-state index contributed by atoms with van der Waals surface area (Å²) in [5, 5.41) is 19.7. The van der Waals surface area contributed by atoms with Crippen LogP contribution in [0.15, 0.2) is 42.5 Å². The fourth-order valence-corrected chi connectivity index (χ4v) is 3.68. The zero-order valence-corrected chi connectivity index (χ0v) is 14.4. The number of hydrogen-bond acceptors (Lipinski definition) is 4. The number of likely N-dealkylation sites (tertiary alicyclic amines) is 1. The molecule has 2 aromatic heterocycles. The number of hydrogen-bond donors (Lipinski definition) is 3. The van der Waals surface area contributed by atoms with Crippen molar-refractivity contribution >= 4 is 16.9 Å². The first-order valence-corrected chi connectivity index (χ1v) is 8.81. The van der Waals surface area contributed by atoms with Crippen LogP contribution in [0.2, 0.25) is 0 Å². The summed E-state index contributed by atoms with van der Waals surface area (Å²) in [6.45, 7) is 2.01. The van der Waals surface area contributed by atoms with Gasteiger partial charge in [-0.1, -0.05) is 12.1 Å². The molecule has 0 amide bonds. The first-order chi connectivity index (χ1) is 12.6. The van der Waals surface area contributed by atoms with Crippen molar-refractivity contribution in [3.05, 3.63) is 53.9 Å². The average Bonchev–Trinajstić information content (AvgIpc) is 3.27. The van der Waals surface area contributed by atoms with E-state index >= 15 is 0 Å². The summed E-state index contributed by atoms with van der Waals surface area (Å²) in [6, 6.07) is 13.4. The normalized spacial score (nSPS) is 17.8. The predicted molar refractivity (Wildman–Crippen MR) is 99.0 cm³/mol. The van der Waals surface area contributed by atoms with Gasteiger partial charge in [-0.15, -0.1) is 0 Å². The van der Waals surface area contributed by atoms with Crippen LogP contribution in [0.25, 0.3) is 22.2 Å². The molecule has 1 atom stereocenters. The first-order valence-electron chi connectivity index (χ1n) is 8.81. The molecular formula is C20H21N3O3. The maximum absolute atomic E-state index is 11.1. The van der Waals surface area contributed by atoms with E-state index in [1.807, 2.05) is 24.3 Å². The molecule has 1 aliphatic rings. The molecule has 0 bridgehead atoms. The summed E-state index contributed by atoms with van der Waals surface area (Å²) in [5.41, 5.74) is 3.74. The predicted octanol–water partition coefficient (Wildman–Crippen LogP) is 2.88. The van der Waals surface area contributed by atoms with Gasteiger partial charge in [0.1, 0.15) is 5.69 Å². The summed E-state index contributed by atoms with van der Waals surface area (Å²) in [6.07, 6.45) is 2.17. The van der Waals surface area contributed by atoms with Gasteiger partial charge in [0, 0.05) is 34.7 Å². The lowest BCUT2D eigenvalue weighted by atomic mass is 10.1. The average molecular weight is 351 g/mol. The quantitative estimate of drug-likeness (QED) is 0.658. The Morgan fingerprint density at radius 2 is 2.15 bits per heavy atom. The van der Waals surface area contributed by atoms with E-state index in [1.165, 1.54) is 6.07 Å². The minimum Gasteiger partial charge on any atom is -0.477 e. The van der Waals surface area contributed by atoms with Crippen LogP contribution in [-0.4, -0.2) is 50.2 Å². The smallest absolute Gasteiger partial charge is 0.354 e. The number of carbonyl (C=O) groups is 1. The van der Waals surface area contributed by atoms with Crippen LogP contribution in [0.4, 0.5) is 0 Å². The standard InChI is InChI=1S/C20H21N3O3/c24-12-16-3-2-8-23(16)11-15-10-14-9-13(6-7-18(14)21-15)17-4-1-5-19(22-17)20(25)26/h1,4-7,9-10,16,21,24H,2-3,8,11-12H2,(H,25,26)/t16-/m1/s1. The fourth-order valence-electron chi connectivity index (χ4n) is 3.68. The van der Waals surface area contributed by atoms with E-state index < -0.39 is 5.97 Å². The van der Waals surface area contributed by atoms with Gasteiger partial charge in [0.05, 0.1) is 12.3 Å². The summed E-state index contributed by atoms with van der Waals surface area (Å²) >= 11 is 0. The zero-order chi connectivity index (χ0) is 18.1. The molecular weight excluding hydrogens is 330 g/mol. The maximum atomic E-state index is 11.1. The highest BCUT2D eigenvalue weighted by Gasteiger charge is 2.24. The third kappa shape index (κ3) is 3.21. The van der Waals surface area contributed by atoms with Crippen LogP contribution in [0.1, 0.15) is 29.0 Å². The highest BCUT2D eigenvalue weighted by molar-refractivity contribution is 5.88. The summed E-state index contributed by atoms with van der Waals surface area (Å²) in [5.74, 6) is -1.03. The van der Waals surface area contributed by atoms with Crippen LogP contribution in [0, 0.1) is 0 Å². The lowest BCUT2D eigenvalue weighted by molar-refractivity contribution is 0.0690. The summed E-state index contributed by atoms with van der Waals surface area (Å²) < 4.78 is 0. The van der Waals surface area contributed by atoms with Crippen molar-refractivity contribution in [1.29, 1.82) is 0 Å². The molecule has 134 valence electrons. The van der Waals surface area contributed by atoms with Crippen LogP contribution >= 0.6 is 0 Å². The number of pyridine rings is 1. The SMILES string of the molecule is O=C(O)c1cccc(-c2ccc3[nH]c(CN4CCC[C@@H]4CO)cc3c2)n1. The largest absolute Gasteiger partial charge is 0.477 e. The first kappa shape index (κ1) is 16.8. The number of aromatic nitrogens is 2. The lowest BCUT2D eigenvalue weighted by Crippen LogP contribution is -2.31. The molecule has 1 fully saturated rings. The van der Waals surface area contributed by atoms with Gasteiger partial charge in [-0.25, -0.2) is 9.78 Å². The number of aliphatic hydroxyl groups is 1.